The average molecular weight is 336 g/mol. The van der Waals surface area contributed by atoms with Gasteiger partial charge in [0.1, 0.15) is 0 Å². The van der Waals surface area contributed by atoms with Crippen LogP contribution in [0.25, 0.3) is 0 Å². The van der Waals surface area contributed by atoms with Crippen molar-refractivity contribution in [3.63, 3.8) is 0 Å². The van der Waals surface area contributed by atoms with E-state index in [0.29, 0.717) is 6.07 Å². The Kier molecular flexibility index (Phi) is 5.57. The van der Waals surface area contributed by atoms with E-state index in [4.69, 9.17) is 0 Å². The lowest BCUT2D eigenvalue weighted by molar-refractivity contribution is -0.132. The van der Waals surface area contributed by atoms with Crippen LogP contribution in [0.15, 0.2) is 42.5 Å². The lowest BCUT2D eigenvalue weighted by atomic mass is 10.1. The topological polar surface area (TPSA) is 49.4 Å². The number of hydrogen-bond acceptors (Lipinski definition) is 2. The van der Waals surface area contributed by atoms with Gasteiger partial charge < -0.3 is 10.2 Å². The van der Waals surface area contributed by atoms with Crippen LogP contribution < -0.4 is 5.32 Å². The maximum atomic E-state index is 13.5. The highest BCUT2D eigenvalue weighted by Gasteiger charge is 2.17. The van der Waals surface area contributed by atoms with E-state index < -0.39 is 29.0 Å². The number of nitrogens with zero attached hydrogens (tertiary/aromatic N) is 1. The third-order valence-electron chi connectivity index (χ3n) is 3.31. The van der Waals surface area contributed by atoms with Crippen LogP contribution in [0.1, 0.15) is 5.56 Å². The van der Waals surface area contributed by atoms with Crippen LogP contribution in [0.2, 0.25) is 0 Å². The molecule has 0 heterocycles. The number of anilines is 1. The molecule has 0 aliphatic rings. The summed E-state index contributed by atoms with van der Waals surface area (Å²) in [7, 11) is 1.42. The summed E-state index contributed by atoms with van der Waals surface area (Å²) in [5, 5.41) is 2.11. The van der Waals surface area contributed by atoms with Crippen molar-refractivity contribution in [2.24, 2.45) is 0 Å². The number of carbonyl (C=O) groups excluding carboxylic acids is 2. The van der Waals surface area contributed by atoms with Gasteiger partial charge in [-0.05, 0) is 17.7 Å². The van der Waals surface area contributed by atoms with E-state index in [-0.39, 0.29) is 18.9 Å². The number of halogens is 3. The second-order valence-corrected chi connectivity index (χ2v) is 5.18. The van der Waals surface area contributed by atoms with E-state index in [1.54, 1.807) is 24.3 Å². The molecule has 2 rings (SSSR count). The van der Waals surface area contributed by atoms with Crippen molar-refractivity contribution in [3.05, 3.63) is 65.5 Å². The quantitative estimate of drug-likeness (QED) is 0.854. The molecule has 7 heteroatoms. The van der Waals surface area contributed by atoms with E-state index in [0.717, 1.165) is 11.6 Å². The molecule has 0 unspecified atom stereocenters. The van der Waals surface area contributed by atoms with Crippen LogP contribution in [0, 0.1) is 17.5 Å². The highest BCUT2D eigenvalue weighted by atomic mass is 19.2. The summed E-state index contributed by atoms with van der Waals surface area (Å²) >= 11 is 0. The third-order valence-corrected chi connectivity index (χ3v) is 3.31. The fourth-order valence-electron chi connectivity index (χ4n) is 2.02. The first-order valence-corrected chi connectivity index (χ1v) is 7.09. The molecule has 0 bridgehead atoms. The molecule has 0 aliphatic carbocycles. The summed E-state index contributed by atoms with van der Waals surface area (Å²) in [5.41, 5.74) is 0.309. The molecular weight excluding hydrogens is 321 g/mol. The Morgan fingerprint density at radius 1 is 1.00 bits per heavy atom. The molecule has 1 N–H and O–H groups in total. The van der Waals surface area contributed by atoms with Crippen molar-refractivity contribution in [1.29, 1.82) is 0 Å². The van der Waals surface area contributed by atoms with Crippen LogP contribution >= 0.6 is 0 Å². The molecule has 2 aromatic carbocycles. The van der Waals surface area contributed by atoms with E-state index >= 15 is 0 Å². The Labute approximate surface area is 136 Å². The lowest BCUT2D eigenvalue weighted by Gasteiger charge is -2.17. The minimum absolute atomic E-state index is 0.115. The Morgan fingerprint density at radius 3 is 2.33 bits per heavy atom. The summed E-state index contributed by atoms with van der Waals surface area (Å²) in [5.74, 6) is -5.52. The van der Waals surface area contributed by atoms with E-state index in [1.807, 2.05) is 6.07 Å². The van der Waals surface area contributed by atoms with Crippen LogP contribution in [-0.2, 0) is 16.0 Å². The molecule has 0 radical (unpaired) electrons. The molecular formula is C17H15F3N2O2. The van der Waals surface area contributed by atoms with Gasteiger partial charge in [0.05, 0.1) is 18.7 Å². The summed E-state index contributed by atoms with van der Waals surface area (Å²) in [6, 6.07) is 10.6. The number of rotatable bonds is 5. The van der Waals surface area contributed by atoms with Crippen molar-refractivity contribution in [2.75, 3.05) is 18.9 Å². The zero-order valence-corrected chi connectivity index (χ0v) is 12.9. The van der Waals surface area contributed by atoms with E-state index in [1.165, 1.54) is 11.9 Å². The Hall–Kier alpha value is -2.83. The summed E-state index contributed by atoms with van der Waals surface area (Å²) in [6.45, 7) is -0.343. The van der Waals surface area contributed by atoms with E-state index in [2.05, 4.69) is 5.32 Å². The zero-order chi connectivity index (χ0) is 17.7. The number of nitrogens with one attached hydrogen (secondary N) is 1. The van der Waals surface area contributed by atoms with Crippen molar-refractivity contribution in [2.45, 2.75) is 6.42 Å². The minimum atomic E-state index is -1.67. The Bertz CT molecular complexity index is 751. The number of hydrogen-bond donors (Lipinski definition) is 1. The molecule has 0 aliphatic heterocycles. The number of amides is 2. The van der Waals surface area contributed by atoms with Crippen molar-refractivity contribution >= 4 is 17.5 Å². The highest BCUT2D eigenvalue weighted by molar-refractivity contribution is 5.94. The summed E-state index contributed by atoms with van der Waals surface area (Å²) in [6.07, 6.45) is 0.115. The molecule has 0 spiro atoms. The predicted molar refractivity (Wildman–Crippen MR) is 82.7 cm³/mol. The Morgan fingerprint density at radius 2 is 1.67 bits per heavy atom. The monoisotopic (exact) mass is 336 g/mol. The second kappa shape index (κ2) is 7.63. The maximum absolute atomic E-state index is 13.5. The SMILES string of the molecule is CN(CC(=O)Nc1ccc(F)c(F)c1F)C(=O)Cc1ccccc1. The summed E-state index contributed by atoms with van der Waals surface area (Å²) in [4.78, 5) is 25.0. The van der Waals surface area contributed by atoms with Gasteiger partial charge >= 0.3 is 0 Å². The molecule has 126 valence electrons. The van der Waals surface area contributed by atoms with Gasteiger partial charge in [0.2, 0.25) is 11.8 Å². The van der Waals surface area contributed by atoms with Crippen molar-refractivity contribution in [1.82, 2.24) is 4.90 Å². The molecule has 0 saturated carbocycles. The Balaban J connectivity index is 1.94. The van der Waals surface area contributed by atoms with Crippen LogP contribution in [0.4, 0.5) is 18.9 Å². The molecule has 2 aromatic rings. The van der Waals surface area contributed by atoms with Gasteiger partial charge in [-0.15, -0.1) is 0 Å². The maximum Gasteiger partial charge on any atom is 0.244 e. The molecule has 0 aromatic heterocycles. The first-order valence-electron chi connectivity index (χ1n) is 7.09. The average Bonchev–Trinajstić information content (AvgIpc) is 2.56. The second-order valence-electron chi connectivity index (χ2n) is 5.18. The van der Waals surface area contributed by atoms with Gasteiger partial charge in [0, 0.05) is 7.05 Å². The minimum Gasteiger partial charge on any atom is -0.336 e. The number of likely N-dealkylation sites (N-methyl/N-ethyl adjacent to an activating group) is 1. The van der Waals surface area contributed by atoms with Crippen LogP contribution in [0.5, 0.6) is 0 Å². The molecule has 0 fully saturated rings. The third kappa shape index (κ3) is 4.34. The first-order chi connectivity index (χ1) is 11.4. The number of benzene rings is 2. The predicted octanol–water partition coefficient (Wildman–Crippen LogP) is 2.74. The number of carbonyl (C=O) groups is 2. The first kappa shape index (κ1) is 17.5. The zero-order valence-electron chi connectivity index (χ0n) is 12.9. The van der Waals surface area contributed by atoms with Gasteiger partial charge in [-0.25, -0.2) is 13.2 Å². The smallest absolute Gasteiger partial charge is 0.244 e. The van der Waals surface area contributed by atoms with Crippen LogP contribution in [-0.4, -0.2) is 30.3 Å². The molecule has 0 saturated heterocycles. The van der Waals surface area contributed by atoms with Gasteiger partial charge in [-0.2, -0.15) is 0 Å². The normalized spacial score (nSPS) is 10.3. The van der Waals surface area contributed by atoms with Crippen molar-refractivity contribution < 1.29 is 22.8 Å². The van der Waals surface area contributed by atoms with Gasteiger partial charge in [-0.3, -0.25) is 9.59 Å². The standard InChI is InChI=1S/C17H15F3N2O2/c1-22(15(24)9-11-5-3-2-4-6-11)10-14(23)21-13-8-7-12(18)16(19)17(13)20/h2-8H,9-10H2,1H3,(H,21,23). The van der Waals surface area contributed by atoms with Gasteiger partial charge in [0.25, 0.3) is 0 Å². The molecule has 0 atom stereocenters. The molecule has 4 nitrogen and oxygen atoms in total. The van der Waals surface area contributed by atoms with Crippen LogP contribution in [0.3, 0.4) is 0 Å². The fourth-order valence-corrected chi connectivity index (χ4v) is 2.02. The van der Waals surface area contributed by atoms with Crippen molar-refractivity contribution in [3.8, 4) is 0 Å². The fraction of sp³-hybridized carbons (Fsp3) is 0.176. The highest BCUT2D eigenvalue weighted by Crippen LogP contribution is 2.19. The largest absolute Gasteiger partial charge is 0.336 e. The molecule has 2 amide bonds. The van der Waals surface area contributed by atoms with Gasteiger partial charge in [0.15, 0.2) is 17.5 Å². The lowest BCUT2D eigenvalue weighted by Crippen LogP contribution is -2.36. The molecule has 24 heavy (non-hydrogen) atoms. The van der Waals surface area contributed by atoms with E-state index in [9.17, 15) is 22.8 Å². The summed E-state index contributed by atoms with van der Waals surface area (Å²) < 4.78 is 39.4. The van der Waals surface area contributed by atoms with Gasteiger partial charge in [-0.1, -0.05) is 30.3 Å².